The molecule has 1 heterocycles. The molecule has 0 unspecified atom stereocenters. The third-order valence-electron chi connectivity index (χ3n) is 2.05. The highest BCUT2D eigenvalue weighted by molar-refractivity contribution is 5.71. The Bertz CT molecular complexity index is 325. The highest BCUT2D eigenvalue weighted by Gasteiger charge is 2.09. The molecule has 0 fully saturated rings. The molecule has 16 heavy (non-hydrogen) atoms. The number of aromatic nitrogens is 1. The lowest BCUT2D eigenvalue weighted by Crippen LogP contribution is -2.29. The van der Waals surface area contributed by atoms with Crippen LogP contribution in [0, 0.1) is 0 Å². The predicted octanol–water partition coefficient (Wildman–Crippen LogP) is 1.68. The molecule has 0 aliphatic carbocycles. The molecule has 4 heteroatoms. The second-order valence-corrected chi connectivity index (χ2v) is 3.90. The molecule has 1 N–H and O–H groups in total. The van der Waals surface area contributed by atoms with Gasteiger partial charge in [-0.25, -0.2) is 0 Å². The molecule has 0 saturated carbocycles. The van der Waals surface area contributed by atoms with Gasteiger partial charge in [-0.2, -0.15) is 0 Å². The monoisotopic (exact) mass is 222 g/mol. The first-order valence-corrected chi connectivity index (χ1v) is 5.43. The number of carbonyl (C=O) groups is 1. The SMILES string of the molecule is CC(C)OC(=O)CN[C@@H](C)c1ccccn1. The van der Waals surface area contributed by atoms with Crippen molar-refractivity contribution in [1.82, 2.24) is 10.3 Å². The van der Waals surface area contributed by atoms with Crippen LogP contribution in [0.5, 0.6) is 0 Å². The number of nitrogens with zero attached hydrogens (tertiary/aromatic N) is 1. The Morgan fingerprint density at radius 1 is 1.44 bits per heavy atom. The molecule has 0 radical (unpaired) electrons. The summed E-state index contributed by atoms with van der Waals surface area (Å²) < 4.78 is 5.01. The minimum absolute atomic E-state index is 0.0425. The lowest BCUT2D eigenvalue weighted by atomic mass is 10.2. The van der Waals surface area contributed by atoms with Gasteiger partial charge in [0.2, 0.25) is 0 Å². The highest BCUT2D eigenvalue weighted by Crippen LogP contribution is 2.07. The quantitative estimate of drug-likeness (QED) is 0.770. The molecule has 0 spiro atoms. The van der Waals surface area contributed by atoms with Gasteiger partial charge in [-0.3, -0.25) is 15.1 Å². The third-order valence-corrected chi connectivity index (χ3v) is 2.05. The second kappa shape index (κ2) is 6.23. The van der Waals surface area contributed by atoms with Crippen molar-refractivity contribution in [3.8, 4) is 0 Å². The standard InChI is InChI=1S/C12H18N2O2/c1-9(2)16-12(15)8-14-10(3)11-6-4-5-7-13-11/h4-7,9-10,14H,8H2,1-3H3/t10-/m0/s1. The van der Waals surface area contributed by atoms with Gasteiger partial charge in [-0.15, -0.1) is 0 Å². The summed E-state index contributed by atoms with van der Waals surface area (Å²) in [5.74, 6) is -0.238. The van der Waals surface area contributed by atoms with E-state index in [2.05, 4.69) is 10.3 Å². The fraction of sp³-hybridized carbons (Fsp3) is 0.500. The smallest absolute Gasteiger partial charge is 0.320 e. The van der Waals surface area contributed by atoms with E-state index in [0.29, 0.717) is 0 Å². The molecule has 1 aromatic heterocycles. The predicted molar refractivity (Wildman–Crippen MR) is 61.9 cm³/mol. The summed E-state index contributed by atoms with van der Waals surface area (Å²) in [4.78, 5) is 15.5. The summed E-state index contributed by atoms with van der Waals surface area (Å²) in [7, 11) is 0. The highest BCUT2D eigenvalue weighted by atomic mass is 16.5. The Balaban J connectivity index is 2.36. The Morgan fingerprint density at radius 3 is 2.75 bits per heavy atom. The van der Waals surface area contributed by atoms with Crippen molar-refractivity contribution in [1.29, 1.82) is 0 Å². The molecular weight excluding hydrogens is 204 g/mol. The van der Waals surface area contributed by atoms with E-state index in [4.69, 9.17) is 4.74 Å². The van der Waals surface area contributed by atoms with Crippen LogP contribution in [0.4, 0.5) is 0 Å². The van der Waals surface area contributed by atoms with E-state index >= 15 is 0 Å². The number of hydrogen-bond donors (Lipinski definition) is 1. The summed E-state index contributed by atoms with van der Waals surface area (Å²) in [5.41, 5.74) is 0.917. The molecule has 0 aromatic carbocycles. The molecular formula is C12H18N2O2. The van der Waals surface area contributed by atoms with Crippen molar-refractivity contribution in [3.63, 3.8) is 0 Å². The average Bonchev–Trinajstić information content (AvgIpc) is 2.26. The molecule has 1 rings (SSSR count). The number of pyridine rings is 1. The minimum atomic E-state index is -0.238. The number of ether oxygens (including phenoxy) is 1. The van der Waals surface area contributed by atoms with Gasteiger partial charge in [0, 0.05) is 12.2 Å². The molecule has 1 aromatic rings. The first kappa shape index (κ1) is 12.6. The van der Waals surface area contributed by atoms with Crippen LogP contribution in [0.1, 0.15) is 32.5 Å². The van der Waals surface area contributed by atoms with E-state index in [9.17, 15) is 4.79 Å². The van der Waals surface area contributed by atoms with Crippen LogP contribution < -0.4 is 5.32 Å². The average molecular weight is 222 g/mol. The second-order valence-electron chi connectivity index (χ2n) is 3.90. The fourth-order valence-electron chi connectivity index (χ4n) is 1.28. The summed E-state index contributed by atoms with van der Waals surface area (Å²) in [6.07, 6.45) is 1.67. The van der Waals surface area contributed by atoms with Crippen LogP contribution in [0.25, 0.3) is 0 Å². The lowest BCUT2D eigenvalue weighted by Gasteiger charge is -2.13. The number of esters is 1. The Labute approximate surface area is 96.0 Å². The van der Waals surface area contributed by atoms with Crippen molar-refractivity contribution in [2.75, 3.05) is 6.54 Å². The first-order chi connectivity index (χ1) is 7.59. The van der Waals surface area contributed by atoms with Gasteiger partial charge in [0.15, 0.2) is 0 Å². The molecule has 0 aliphatic rings. The molecule has 4 nitrogen and oxygen atoms in total. The van der Waals surface area contributed by atoms with E-state index in [1.165, 1.54) is 0 Å². The van der Waals surface area contributed by atoms with Crippen molar-refractivity contribution in [2.24, 2.45) is 0 Å². The lowest BCUT2D eigenvalue weighted by molar-refractivity contribution is -0.146. The maximum absolute atomic E-state index is 11.3. The molecule has 0 saturated heterocycles. The van der Waals surface area contributed by atoms with Crippen LogP contribution in [-0.2, 0) is 9.53 Å². The van der Waals surface area contributed by atoms with Crippen molar-refractivity contribution in [2.45, 2.75) is 32.9 Å². The van der Waals surface area contributed by atoms with Crippen LogP contribution in [0.3, 0.4) is 0 Å². The number of carbonyl (C=O) groups excluding carboxylic acids is 1. The molecule has 1 atom stereocenters. The zero-order valence-electron chi connectivity index (χ0n) is 9.93. The molecule has 0 amide bonds. The van der Waals surface area contributed by atoms with Crippen LogP contribution in [0.15, 0.2) is 24.4 Å². The van der Waals surface area contributed by atoms with Crippen molar-refractivity contribution in [3.05, 3.63) is 30.1 Å². The summed E-state index contributed by atoms with van der Waals surface area (Å²) >= 11 is 0. The number of hydrogen-bond acceptors (Lipinski definition) is 4. The van der Waals surface area contributed by atoms with Crippen molar-refractivity contribution < 1.29 is 9.53 Å². The van der Waals surface area contributed by atoms with Gasteiger partial charge in [0.25, 0.3) is 0 Å². The van der Waals surface area contributed by atoms with E-state index in [1.54, 1.807) is 6.20 Å². The summed E-state index contributed by atoms with van der Waals surface area (Å²) in [5, 5.41) is 3.07. The Kier molecular flexibility index (Phi) is 4.92. The normalized spacial score (nSPS) is 12.5. The van der Waals surface area contributed by atoms with E-state index in [-0.39, 0.29) is 24.7 Å². The van der Waals surface area contributed by atoms with Crippen LogP contribution in [0.2, 0.25) is 0 Å². The maximum atomic E-state index is 11.3. The van der Waals surface area contributed by atoms with Gasteiger partial charge >= 0.3 is 5.97 Å². The van der Waals surface area contributed by atoms with Gasteiger partial charge in [0.05, 0.1) is 18.3 Å². The van der Waals surface area contributed by atoms with Crippen LogP contribution >= 0.6 is 0 Å². The molecule has 0 aliphatic heterocycles. The Hall–Kier alpha value is -1.42. The Morgan fingerprint density at radius 2 is 2.19 bits per heavy atom. The number of nitrogens with one attached hydrogen (secondary N) is 1. The summed E-state index contributed by atoms with van der Waals surface area (Å²) in [6.45, 7) is 5.83. The van der Waals surface area contributed by atoms with Gasteiger partial charge in [0.1, 0.15) is 0 Å². The topological polar surface area (TPSA) is 51.2 Å². The number of rotatable bonds is 5. The fourth-order valence-corrected chi connectivity index (χ4v) is 1.28. The van der Waals surface area contributed by atoms with Gasteiger partial charge in [-0.05, 0) is 32.9 Å². The first-order valence-electron chi connectivity index (χ1n) is 5.43. The van der Waals surface area contributed by atoms with Crippen LogP contribution in [-0.4, -0.2) is 23.6 Å². The van der Waals surface area contributed by atoms with E-state index in [0.717, 1.165) is 5.69 Å². The van der Waals surface area contributed by atoms with Gasteiger partial charge in [-0.1, -0.05) is 6.07 Å². The summed E-state index contributed by atoms with van der Waals surface area (Å²) in [6, 6.07) is 5.75. The maximum Gasteiger partial charge on any atom is 0.320 e. The molecule has 88 valence electrons. The van der Waals surface area contributed by atoms with E-state index < -0.39 is 0 Å². The largest absolute Gasteiger partial charge is 0.462 e. The zero-order valence-corrected chi connectivity index (χ0v) is 9.93. The minimum Gasteiger partial charge on any atom is -0.462 e. The van der Waals surface area contributed by atoms with Gasteiger partial charge < -0.3 is 4.74 Å². The van der Waals surface area contributed by atoms with Crippen molar-refractivity contribution >= 4 is 5.97 Å². The van der Waals surface area contributed by atoms with E-state index in [1.807, 2.05) is 39.0 Å². The zero-order chi connectivity index (χ0) is 12.0. The molecule has 0 bridgehead atoms. The third kappa shape index (κ3) is 4.40.